The van der Waals surface area contributed by atoms with Crippen LogP contribution in [0, 0.1) is 0 Å². The van der Waals surface area contributed by atoms with Gasteiger partial charge in [-0.05, 0) is 49.2 Å². The van der Waals surface area contributed by atoms with Crippen molar-refractivity contribution in [2.75, 3.05) is 46.2 Å². The van der Waals surface area contributed by atoms with Gasteiger partial charge in [-0.15, -0.1) is 0 Å². The number of carbonyl (C=O) groups excluding carboxylic acids is 1. The van der Waals surface area contributed by atoms with Crippen LogP contribution in [0.2, 0.25) is 0 Å². The van der Waals surface area contributed by atoms with Gasteiger partial charge in [0.1, 0.15) is 0 Å². The topological polar surface area (TPSA) is 79.8 Å². The average Bonchev–Trinajstić information content (AvgIpc) is 2.79. The molecule has 7 nitrogen and oxygen atoms in total. The van der Waals surface area contributed by atoms with Gasteiger partial charge in [-0.1, -0.05) is 6.07 Å². The first-order valence-electron chi connectivity index (χ1n) is 10.6. The van der Waals surface area contributed by atoms with E-state index in [-0.39, 0.29) is 16.8 Å². The largest absolute Gasteiger partial charge is 0.383 e. The average molecular weight is 446 g/mol. The Kier molecular flexibility index (Phi) is 8.17. The van der Waals surface area contributed by atoms with E-state index in [0.29, 0.717) is 18.7 Å². The van der Waals surface area contributed by atoms with Crippen LogP contribution in [-0.2, 0) is 21.0 Å². The first-order valence-corrected chi connectivity index (χ1v) is 12.5. The first-order chi connectivity index (χ1) is 14.9. The van der Waals surface area contributed by atoms with Crippen molar-refractivity contribution in [2.24, 2.45) is 0 Å². The fraction of sp³-hybridized carbons (Fsp3) is 0.478. The number of sulfone groups is 1. The van der Waals surface area contributed by atoms with E-state index in [2.05, 4.69) is 9.88 Å². The lowest BCUT2D eigenvalue weighted by Gasteiger charge is -2.38. The van der Waals surface area contributed by atoms with Gasteiger partial charge in [0.15, 0.2) is 9.84 Å². The fourth-order valence-electron chi connectivity index (χ4n) is 3.92. The quantitative estimate of drug-likeness (QED) is 0.589. The molecule has 8 heteroatoms. The van der Waals surface area contributed by atoms with E-state index >= 15 is 0 Å². The third-order valence-corrected chi connectivity index (χ3v) is 6.86. The van der Waals surface area contributed by atoms with Gasteiger partial charge < -0.3 is 14.5 Å². The number of methoxy groups -OCH3 is 1. The fourth-order valence-corrected chi connectivity index (χ4v) is 4.55. The van der Waals surface area contributed by atoms with Crippen LogP contribution in [0.4, 0.5) is 0 Å². The van der Waals surface area contributed by atoms with Crippen molar-refractivity contribution in [2.45, 2.75) is 30.2 Å². The number of nitrogens with zero attached hydrogens (tertiary/aromatic N) is 3. The highest BCUT2D eigenvalue weighted by molar-refractivity contribution is 7.90. The normalized spacial score (nSPS) is 15.7. The maximum atomic E-state index is 13.2. The van der Waals surface area contributed by atoms with Crippen molar-refractivity contribution in [3.8, 4) is 0 Å². The number of piperidine rings is 1. The molecule has 1 aliphatic rings. The molecule has 0 bridgehead atoms. The molecule has 0 saturated carbocycles. The summed E-state index contributed by atoms with van der Waals surface area (Å²) in [5, 5.41) is 0. The van der Waals surface area contributed by atoms with Crippen LogP contribution in [0.25, 0.3) is 0 Å². The maximum absolute atomic E-state index is 13.2. The maximum Gasteiger partial charge on any atom is 0.254 e. The van der Waals surface area contributed by atoms with Gasteiger partial charge in [0, 0.05) is 69.5 Å². The van der Waals surface area contributed by atoms with Gasteiger partial charge in [0.05, 0.1) is 11.5 Å². The molecule has 0 atom stereocenters. The zero-order valence-electron chi connectivity index (χ0n) is 18.2. The predicted octanol–water partition coefficient (Wildman–Crippen LogP) is 2.28. The van der Waals surface area contributed by atoms with E-state index in [1.165, 1.54) is 12.1 Å². The standard InChI is InChI=1S/C23H31N3O4S/c1-30-18-17-26(23(27)19-6-8-22(9-7-19)31(2,28)29)21-11-15-25(16-12-21)14-10-20-5-3-4-13-24-20/h3-9,13,21H,10-12,14-18H2,1-2H3. The number of pyridine rings is 1. The first kappa shape index (κ1) is 23.4. The van der Waals surface area contributed by atoms with E-state index in [4.69, 9.17) is 4.74 Å². The van der Waals surface area contributed by atoms with Crippen LogP contribution in [0.15, 0.2) is 53.6 Å². The second-order valence-corrected chi connectivity index (χ2v) is 9.95. The third kappa shape index (κ3) is 6.59. The SMILES string of the molecule is COCCN(C(=O)c1ccc(S(C)(=O)=O)cc1)C1CCN(CCc2ccccn2)CC1. The molecule has 0 N–H and O–H groups in total. The Morgan fingerprint density at radius 1 is 1.16 bits per heavy atom. The molecule has 0 spiro atoms. The number of carbonyl (C=O) groups is 1. The van der Waals surface area contributed by atoms with Gasteiger partial charge >= 0.3 is 0 Å². The summed E-state index contributed by atoms with van der Waals surface area (Å²) in [5.41, 5.74) is 1.60. The Hall–Kier alpha value is -2.29. The molecule has 1 aromatic heterocycles. The number of benzene rings is 1. The molecule has 3 rings (SSSR count). The number of hydrogen-bond acceptors (Lipinski definition) is 6. The van der Waals surface area contributed by atoms with Crippen molar-refractivity contribution >= 4 is 15.7 Å². The predicted molar refractivity (Wildman–Crippen MR) is 120 cm³/mol. The molecule has 168 valence electrons. The van der Waals surface area contributed by atoms with Crippen molar-refractivity contribution in [1.82, 2.24) is 14.8 Å². The zero-order valence-corrected chi connectivity index (χ0v) is 19.1. The van der Waals surface area contributed by atoms with Crippen LogP contribution < -0.4 is 0 Å². The van der Waals surface area contributed by atoms with Gasteiger partial charge in [-0.3, -0.25) is 9.78 Å². The third-order valence-electron chi connectivity index (χ3n) is 5.73. The number of hydrogen-bond donors (Lipinski definition) is 0. The summed E-state index contributed by atoms with van der Waals surface area (Å²) in [4.78, 5) is 22.1. The summed E-state index contributed by atoms with van der Waals surface area (Å²) < 4.78 is 28.6. The van der Waals surface area contributed by atoms with Crippen LogP contribution in [0.5, 0.6) is 0 Å². The number of ether oxygens (including phenoxy) is 1. The van der Waals surface area contributed by atoms with E-state index in [1.54, 1.807) is 19.2 Å². The molecule has 0 unspecified atom stereocenters. The Bertz CT molecular complexity index is 941. The number of amides is 1. The Morgan fingerprint density at radius 3 is 2.45 bits per heavy atom. The number of aromatic nitrogens is 1. The molecule has 0 radical (unpaired) electrons. The molecule has 0 aliphatic carbocycles. The molecule has 1 fully saturated rings. The van der Waals surface area contributed by atoms with E-state index in [0.717, 1.165) is 50.8 Å². The minimum Gasteiger partial charge on any atom is -0.383 e. The highest BCUT2D eigenvalue weighted by Crippen LogP contribution is 2.20. The second kappa shape index (κ2) is 10.8. The van der Waals surface area contributed by atoms with Crippen LogP contribution in [0.3, 0.4) is 0 Å². The van der Waals surface area contributed by atoms with Crippen LogP contribution in [0.1, 0.15) is 28.9 Å². The monoisotopic (exact) mass is 445 g/mol. The summed E-state index contributed by atoms with van der Waals surface area (Å²) in [6, 6.07) is 12.3. The van der Waals surface area contributed by atoms with E-state index < -0.39 is 9.84 Å². The molecule has 1 saturated heterocycles. The lowest BCUT2D eigenvalue weighted by atomic mass is 10.0. The zero-order chi connectivity index (χ0) is 22.3. The van der Waals surface area contributed by atoms with Gasteiger partial charge in [-0.2, -0.15) is 0 Å². The van der Waals surface area contributed by atoms with Crippen molar-refractivity contribution < 1.29 is 17.9 Å². The van der Waals surface area contributed by atoms with Gasteiger partial charge in [0.25, 0.3) is 5.91 Å². The van der Waals surface area contributed by atoms with Crippen molar-refractivity contribution in [1.29, 1.82) is 0 Å². The van der Waals surface area contributed by atoms with E-state index in [9.17, 15) is 13.2 Å². The molecule has 31 heavy (non-hydrogen) atoms. The molecule has 1 aromatic carbocycles. The van der Waals surface area contributed by atoms with Crippen molar-refractivity contribution in [3.05, 3.63) is 59.9 Å². The smallest absolute Gasteiger partial charge is 0.254 e. The highest BCUT2D eigenvalue weighted by Gasteiger charge is 2.28. The second-order valence-electron chi connectivity index (χ2n) is 7.93. The lowest BCUT2D eigenvalue weighted by molar-refractivity contribution is 0.0486. The minimum atomic E-state index is -3.29. The Balaban J connectivity index is 1.61. The van der Waals surface area contributed by atoms with Gasteiger partial charge in [-0.25, -0.2) is 8.42 Å². The molecule has 1 amide bonds. The minimum absolute atomic E-state index is 0.0796. The lowest BCUT2D eigenvalue weighted by Crippen LogP contribution is -2.48. The summed E-state index contributed by atoms with van der Waals surface area (Å²) in [7, 11) is -1.66. The Labute approximate surface area is 185 Å². The summed E-state index contributed by atoms with van der Waals surface area (Å²) >= 11 is 0. The molecule has 1 aliphatic heterocycles. The highest BCUT2D eigenvalue weighted by atomic mass is 32.2. The van der Waals surface area contributed by atoms with Crippen LogP contribution in [-0.4, -0.2) is 81.3 Å². The van der Waals surface area contributed by atoms with E-state index in [1.807, 2.05) is 29.3 Å². The van der Waals surface area contributed by atoms with Gasteiger partial charge in [0.2, 0.25) is 0 Å². The molecule has 2 heterocycles. The van der Waals surface area contributed by atoms with Crippen molar-refractivity contribution in [3.63, 3.8) is 0 Å². The molecule has 2 aromatic rings. The number of likely N-dealkylation sites (tertiary alicyclic amines) is 1. The molecular formula is C23H31N3O4S. The summed E-state index contributed by atoms with van der Waals surface area (Å²) in [6.07, 6.45) is 5.71. The number of rotatable bonds is 9. The van der Waals surface area contributed by atoms with Crippen LogP contribution >= 0.6 is 0 Å². The summed E-state index contributed by atoms with van der Waals surface area (Å²) in [6.45, 7) is 3.81. The Morgan fingerprint density at radius 2 is 1.87 bits per heavy atom. The summed E-state index contributed by atoms with van der Waals surface area (Å²) in [5.74, 6) is -0.0796. The molecular weight excluding hydrogens is 414 g/mol.